The highest BCUT2D eigenvalue weighted by Gasteiger charge is 2.27. The van der Waals surface area contributed by atoms with Crippen LogP contribution in [-0.2, 0) is 4.79 Å². The lowest BCUT2D eigenvalue weighted by atomic mass is 9.97. The number of benzene rings is 1. The fraction of sp³-hybridized carbons (Fsp3) is 0.500. The Bertz CT molecular complexity index is 675. The first kappa shape index (κ1) is 18.9. The number of carbonyl (C=O) groups excluding carboxylic acids is 2. The number of carboxylic acid groups (broad SMARTS) is 1. The van der Waals surface area contributed by atoms with Gasteiger partial charge in [0.05, 0.1) is 11.1 Å². The van der Waals surface area contributed by atoms with Gasteiger partial charge in [0, 0.05) is 25.6 Å². The highest BCUT2D eigenvalue weighted by molar-refractivity contribution is 5.96. The molecule has 0 aliphatic carbocycles. The molecule has 1 aliphatic rings. The number of carbonyl (C=O) groups is 3. The van der Waals surface area contributed by atoms with Crippen molar-refractivity contribution in [2.24, 2.45) is 11.8 Å². The molecule has 1 unspecified atom stereocenters. The molecule has 2 amide bonds. The molecule has 136 valence electrons. The monoisotopic (exact) mass is 350 g/mol. The van der Waals surface area contributed by atoms with Gasteiger partial charge in [0.2, 0.25) is 5.91 Å². The van der Waals surface area contributed by atoms with Gasteiger partial charge in [-0.3, -0.25) is 9.59 Å². The first-order valence-electron chi connectivity index (χ1n) is 8.39. The second kappa shape index (κ2) is 8.09. The van der Waals surface area contributed by atoms with Crippen LogP contribution >= 0.6 is 0 Å². The second-order valence-electron chi connectivity index (χ2n) is 6.66. The molecule has 1 aromatic rings. The van der Waals surface area contributed by atoms with E-state index in [1.54, 1.807) is 4.90 Å². The number of nitrogens with one attached hydrogen (secondary N) is 1. The predicted molar refractivity (Wildman–Crippen MR) is 89.8 cm³/mol. The molecule has 0 spiro atoms. The van der Waals surface area contributed by atoms with E-state index in [1.807, 2.05) is 13.8 Å². The molecule has 1 atom stereocenters. The molecular weight excluding hydrogens is 327 g/mol. The Balaban J connectivity index is 2.02. The van der Waals surface area contributed by atoms with E-state index in [0.29, 0.717) is 19.6 Å². The third kappa shape index (κ3) is 4.78. The van der Waals surface area contributed by atoms with Crippen molar-refractivity contribution in [2.75, 3.05) is 19.6 Å². The summed E-state index contributed by atoms with van der Waals surface area (Å²) in [4.78, 5) is 36.6. The van der Waals surface area contributed by atoms with Crippen molar-refractivity contribution in [3.63, 3.8) is 0 Å². The molecule has 2 rings (SSSR count). The minimum atomic E-state index is -1.24. The van der Waals surface area contributed by atoms with E-state index in [1.165, 1.54) is 12.1 Å². The summed E-state index contributed by atoms with van der Waals surface area (Å²) in [5.41, 5.74) is -0.321. The number of likely N-dealkylation sites (tertiary alicyclic amines) is 1. The fourth-order valence-corrected chi connectivity index (χ4v) is 2.86. The van der Waals surface area contributed by atoms with Gasteiger partial charge in [-0.05, 0) is 37.0 Å². The largest absolute Gasteiger partial charge is 0.478 e. The molecule has 0 radical (unpaired) electrons. The van der Waals surface area contributed by atoms with Gasteiger partial charge < -0.3 is 15.3 Å². The minimum absolute atomic E-state index is 0.0289. The predicted octanol–water partition coefficient (Wildman–Crippen LogP) is 2.15. The van der Waals surface area contributed by atoms with E-state index in [2.05, 4.69) is 5.32 Å². The molecule has 1 aromatic carbocycles. The Kier molecular flexibility index (Phi) is 6.12. The summed E-state index contributed by atoms with van der Waals surface area (Å²) in [5, 5.41) is 11.7. The van der Waals surface area contributed by atoms with Crippen LogP contribution in [0, 0.1) is 17.7 Å². The molecule has 25 heavy (non-hydrogen) atoms. The molecule has 0 saturated carbocycles. The second-order valence-corrected chi connectivity index (χ2v) is 6.66. The Hall–Kier alpha value is -2.44. The van der Waals surface area contributed by atoms with Gasteiger partial charge in [0.25, 0.3) is 5.91 Å². The standard InChI is InChI=1S/C18H23FN2O4/c1-11(2)16(22)20-9-12-4-3-7-21(10-12)17(23)14-6-5-13(18(24)25)8-15(14)19/h5-6,8,11-12H,3-4,7,9-10H2,1-2H3,(H,20,22)(H,24,25). The number of carboxylic acids is 1. The van der Waals surface area contributed by atoms with E-state index < -0.39 is 17.7 Å². The van der Waals surface area contributed by atoms with Crippen LogP contribution in [0.25, 0.3) is 0 Å². The van der Waals surface area contributed by atoms with Crippen LogP contribution in [0.4, 0.5) is 4.39 Å². The lowest BCUT2D eigenvalue weighted by Gasteiger charge is -2.33. The third-order valence-electron chi connectivity index (χ3n) is 4.34. The number of aromatic carboxylic acids is 1. The zero-order chi connectivity index (χ0) is 18.6. The Morgan fingerprint density at radius 3 is 2.68 bits per heavy atom. The molecule has 0 bridgehead atoms. The summed E-state index contributed by atoms with van der Waals surface area (Å²) in [6.07, 6.45) is 1.67. The maximum absolute atomic E-state index is 14.1. The van der Waals surface area contributed by atoms with E-state index in [-0.39, 0.29) is 28.9 Å². The molecule has 1 aliphatic heterocycles. The summed E-state index contributed by atoms with van der Waals surface area (Å²) in [5.74, 6) is -2.52. The molecule has 7 heteroatoms. The maximum atomic E-state index is 14.1. The van der Waals surface area contributed by atoms with Gasteiger partial charge in [-0.2, -0.15) is 0 Å². The summed E-state index contributed by atoms with van der Waals surface area (Å²) < 4.78 is 14.1. The van der Waals surface area contributed by atoms with Crippen molar-refractivity contribution in [1.29, 1.82) is 0 Å². The molecule has 0 aromatic heterocycles. The van der Waals surface area contributed by atoms with Gasteiger partial charge in [-0.25, -0.2) is 9.18 Å². The van der Waals surface area contributed by atoms with Gasteiger partial charge in [-0.1, -0.05) is 13.8 Å². The number of nitrogens with zero attached hydrogens (tertiary/aromatic N) is 1. The molecule has 1 heterocycles. The molecule has 6 nitrogen and oxygen atoms in total. The summed E-state index contributed by atoms with van der Waals surface area (Å²) in [6.45, 7) is 5.08. The molecule has 1 fully saturated rings. The highest BCUT2D eigenvalue weighted by Crippen LogP contribution is 2.20. The van der Waals surface area contributed by atoms with E-state index >= 15 is 0 Å². The van der Waals surface area contributed by atoms with Crippen molar-refractivity contribution in [1.82, 2.24) is 10.2 Å². The van der Waals surface area contributed by atoms with Crippen LogP contribution in [0.3, 0.4) is 0 Å². The lowest BCUT2D eigenvalue weighted by molar-refractivity contribution is -0.124. The SMILES string of the molecule is CC(C)C(=O)NCC1CCCN(C(=O)c2ccc(C(=O)O)cc2F)C1. The molecule has 2 N–H and O–H groups in total. The van der Waals surface area contributed by atoms with E-state index in [4.69, 9.17) is 5.11 Å². The van der Waals surface area contributed by atoms with Gasteiger partial charge in [-0.15, -0.1) is 0 Å². The average Bonchev–Trinajstić information content (AvgIpc) is 2.59. The number of hydrogen-bond donors (Lipinski definition) is 2. The van der Waals surface area contributed by atoms with Crippen LogP contribution in [0.1, 0.15) is 47.4 Å². The first-order valence-corrected chi connectivity index (χ1v) is 8.39. The number of amides is 2. The van der Waals surface area contributed by atoms with Gasteiger partial charge in [0.15, 0.2) is 0 Å². The topological polar surface area (TPSA) is 86.7 Å². The van der Waals surface area contributed by atoms with Crippen LogP contribution in [-0.4, -0.2) is 47.4 Å². The first-order chi connectivity index (χ1) is 11.8. The fourth-order valence-electron chi connectivity index (χ4n) is 2.86. The Labute approximate surface area is 146 Å². The van der Waals surface area contributed by atoms with Gasteiger partial charge in [0.1, 0.15) is 5.82 Å². The number of rotatable bonds is 5. The minimum Gasteiger partial charge on any atom is -0.478 e. The average molecular weight is 350 g/mol. The van der Waals surface area contributed by atoms with Crippen molar-refractivity contribution < 1.29 is 23.9 Å². The molecule has 1 saturated heterocycles. The summed E-state index contributed by atoms with van der Waals surface area (Å²) in [7, 11) is 0. The van der Waals surface area contributed by atoms with Crippen molar-refractivity contribution in [3.05, 3.63) is 35.1 Å². The van der Waals surface area contributed by atoms with Crippen molar-refractivity contribution in [3.8, 4) is 0 Å². The quantitative estimate of drug-likeness (QED) is 0.852. The number of hydrogen-bond acceptors (Lipinski definition) is 3. The van der Waals surface area contributed by atoms with Crippen molar-refractivity contribution in [2.45, 2.75) is 26.7 Å². The van der Waals surface area contributed by atoms with Crippen LogP contribution in [0.2, 0.25) is 0 Å². The Morgan fingerprint density at radius 2 is 2.08 bits per heavy atom. The van der Waals surface area contributed by atoms with Crippen LogP contribution in [0.5, 0.6) is 0 Å². The summed E-state index contributed by atoms with van der Waals surface area (Å²) in [6, 6.07) is 3.30. The zero-order valence-corrected chi connectivity index (χ0v) is 14.4. The van der Waals surface area contributed by atoms with E-state index in [0.717, 1.165) is 18.9 Å². The summed E-state index contributed by atoms with van der Waals surface area (Å²) >= 11 is 0. The molecular formula is C18H23FN2O4. The van der Waals surface area contributed by atoms with Crippen LogP contribution in [0.15, 0.2) is 18.2 Å². The smallest absolute Gasteiger partial charge is 0.335 e. The van der Waals surface area contributed by atoms with E-state index in [9.17, 15) is 18.8 Å². The maximum Gasteiger partial charge on any atom is 0.335 e. The number of halogens is 1. The Morgan fingerprint density at radius 1 is 1.36 bits per heavy atom. The zero-order valence-electron chi connectivity index (χ0n) is 14.4. The van der Waals surface area contributed by atoms with Crippen LogP contribution < -0.4 is 5.32 Å². The number of piperidine rings is 1. The lowest BCUT2D eigenvalue weighted by Crippen LogP contribution is -2.44. The highest BCUT2D eigenvalue weighted by atomic mass is 19.1. The van der Waals surface area contributed by atoms with Gasteiger partial charge >= 0.3 is 5.97 Å². The normalized spacial score (nSPS) is 17.4. The van der Waals surface area contributed by atoms with Crippen molar-refractivity contribution >= 4 is 17.8 Å². The third-order valence-corrected chi connectivity index (χ3v) is 4.34.